The predicted molar refractivity (Wildman–Crippen MR) is 124 cm³/mol. The first-order valence-corrected chi connectivity index (χ1v) is 10.6. The lowest BCUT2D eigenvalue weighted by atomic mass is 10.2. The zero-order valence-corrected chi connectivity index (χ0v) is 19.0. The maximum atomic E-state index is 13.3. The summed E-state index contributed by atoms with van der Waals surface area (Å²) in [5.41, 5.74) is 1.43. The first-order chi connectivity index (χ1) is 14.3. The summed E-state index contributed by atoms with van der Waals surface area (Å²) in [7, 11) is 0. The molecule has 0 radical (unpaired) electrons. The zero-order chi connectivity index (χ0) is 21.8. The van der Waals surface area contributed by atoms with Crippen LogP contribution >= 0.6 is 23.8 Å². The topological polar surface area (TPSA) is 61.1 Å². The lowest BCUT2D eigenvalue weighted by Crippen LogP contribution is -2.34. The molecule has 3 aromatic rings. The second-order valence-corrected chi connectivity index (χ2v) is 8.24. The number of hydrogen-bond donors (Lipinski definition) is 1. The van der Waals surface area contributed by atoms with E-state index in [2.05, 4.69) is 10.3 Å². The minimum Gasteiger partial charge on any atom is -0.491 e. The van der Waals surface area contributed by atoms with Crippen molar-refractivity contribution >= 4 is 29.8 Å². The summed E-state index contributed by atoms with van der Waals surface area (Å²) in [6, 6.07) is 14.7. The molecule has 6 nitrogen and oxygen atoms in total. The average molecular weight is 445 g/mol. The molecule has 0 saturated heterocycles. The van der Waals surface area contributed by atoms with Crippen LogP contribution < -0.4 is 15.7 Å². The Hall–Kier alpha value is -2.64. The van der Waals surface area contributed by atoms with Crippen LogP contribution in [0, 0.1) is 4.77 Å². The van der Waals surface area contributed by atoms with Gasteiger partial charge in [-0.2, -0.15) is 4.98 Å². The number of anilines is 1. The molecule has 0 saturated carbocycles. The van der Waals surface area contributed by atoms with E-state index in [1.165, 1.54) is 9.13 Å². The molecule has 1 aromatic heterocycles. The van der Waals surface area contributed by atoms with Gasteiger partial charge in [0.15, 0.2) is 0 Å². The highest BCUT2D eigenvalue weighted by molar-refractivity contribution is 7.71. The first-order valence-electron chi connectivity index (χ1n) is 9.77. The van der Waals surface area contributed by atoms with Crippen LogP contribution in [0.4, 0.5) is 5.95 Å². The van der Waals surface area contributed by atoms with Crippen LogP contribution in [0.5, 0.6) is 5.75 Å². The van der Waals surface area contributed by atoms with Crippen LogP contribution in [0.25, 0.3) is 5.69 Å². The quantitative estimate of drug-likeness (QED) is 0.494. The van der Waals surface area contributed by atoms with E-state index in [-0.39, 0.29) is 22.6 Å². The van der Waals surface area contributed by atoms with Crippen LogP contribution in [0.2, 0.25) is 5.02 Å². The maximum absolute atomic E-state index is 13.3. The molecule has 0 aliphatic heterocycles. The zero-order valence-electron chi connectivity index (χ0n) is 17.4. The summed E-state index contributed by atoms with van der Waals surface area (Å²) >= 11 is 11.4. The fourth-order valence-corrected chi connectivity index (χ4v) is 3.50. The molecule has 0 unspecified atom stereocenters. The standard InChI is InChI=1S/C22H25ClN4O2S/c1-14(2)26-21(30)25-20(24-13-16-5-7-17(23)8-6-16)27(22(26)28)18-9-11-19(12-10-18)29-15(3)4/h5-12,14-15H,13H2,1-4H3,(H,24,25,30). The smallest absolute Gasteiger partial charge is 0.338 e. The van der Waals surface area contributed by atoms with E-state index >= 15 is 0 Å². The van der Waals surface area contributed by atoms with Crippen LogP contribution in [-0.2, 0) is 6.54 Å². The number of nitrogens with one attached hydrogen (secondary N) is 1. The van der Waals surface area contributed by atoms with Crippen molar-refractivity contribution in [2.24, 2.45) is 0 Å². The maximum Gasteiger partial charge on any atom is 0.338 e. The Bertz CT molecular complexity index is 1120. The molecule has 0 amide bonds. The second kappa shape index (κ2) is 9.45. The minimum atomic E-state index is -0.249. The van der Waals surface area contributed by atoms with Gasteiger partial charge < -0.3 is 10.1 Å². The van der Waals surface area contributed by atoms with Gasteiger partial charge in [0.2, 0.25) is 10.7 Å². The third-order valence-electron chi connectivity index (χ3n) is 4.36. The fraction of sp³-hybridized carbons (Fsp3) is 0.318. The fourth-order valence-electron chi connectivity index (χ4n) is 3.00. The van der Waals surface area contributed by atoms with E-state index in [0.29, 0.717) is 23.2 Å². The van der Waals surface area contributed by atoms with Crippen LogP contribution in [-0.4, -0.2) is 20.2 Å². The average Bonchev–Trinajstić information content (AvgIpc) is 2.67. The highest BCUT2D eigenvalue weighted by atomic mass is 35.5. The number of benzene rings is 2. The number of aromatic nitrogens is 3. The van der Waals surface area contributed by atoms with Gasteiger partial charge in [0, 0.05) is 17.6 Å². The lowest BCUT2D eigenvalue weighted by Gasteiger charge is -2.18. The van der Waals surface area contributed by atoms with Crippen molar-refractivity contribution in [3.63, 3.8) is 0 Å². The van der Waals surface area contributed by atoms with E-state index in [1.807, 2.05) is 76.2 Å². The molecule has 0 bridgehead atoms. The lowest BCUT2D eigenvalue weighted by molar-refractivity contribution is 0.242. The monoisotopic (exact) mass is 444 g/mol. The summed E-state index contributed by atoms with van der Waals surface area (Å²) in [4.78, 5) is 17.8. The largest absolute Gasteiger partial charge is 0.491 e. The van der Waals surface area contributed by atoms with Crippen molar-refractivity contribution < 1.29 is 4.74 Å². The van der Waals surface area contributed by atoms with Crippen molar-refractivity contribution in [3.8, 4) is 11.4 Å². The molecule has 0 aliphatic carbocycles. The summed E-state index contributed by atoms with van der Waals surface area (Å²) in [6.07, 6.45) is 0.0689. The minimum absolute atomic E-state index is 0.0689. The normalized spacial score (nSPS) is 11.2. The highest BCUT2D eigenvalue weighted by Crippen LogP contribution is 2.19. The molecule has 0 spiro atoms. The van der Waals surface area contributed by atoms with E-state index < -0.39 is 0 Å². The predicted octanol–water partition coefficient (Wildman–Crippen LogP) is 5.40. The molecule has 8 heteroatoms. The summed E-state index contributed by atoms with van der Waals surface area (Å²) in [6.45, 7) is 8.22. The van der Waals surface area contributed by atoms with Gasteiger partial charge >= 0.3 is 5.69 Å². The number of rotatable bonds is 7. The number of hydrogen-bond acceptors (Lipinski definition) is 5. The Kier molecular flexibility index (Phi) is 6.95. The molecular weight excluding hydrogens is 420 g/mol. The third-order valence-corrected chi connectivity index (χ3v) is 4.90. The van der Waals surface area contributed by atoms with Crippen LogP contribution in [0.15, 0.2) is 53.3 Å². The van der Waals surface area contributed by atoms with Gasteiger partial charge in [0.25, 0.3) is 0 Å². The summed E-state index contributed by atoms with van der Waals surface area (Å²) < 4.78 is 8.98. The van der Waals surface area contributed by atoms with Crippen LogP contribution in [0.3, 0.4) is 0 Å². The van der Waals surface area contributed by atoms with Crippen molar-refractivity contribution in [2.75, 3.05) is 5.32 Å². The van der Waals surface area contributed by atoms with Gasteiger partial charge in [0.1, 0.15) is 5.75 Å². The number of ether oxygens (including phenoxy) is 1. The van der Waals surface area contributed by atoms with Gasteiger partial charge in [-0.15, -0.1) is 0 Å². The Morgan fingerprint density at radius 2 is 1.70 bits per heavy atom. The van der Waals surface area contributed by atoms with E-state index in [9.17, 15) is 4.79 Å². The SMILES string of the molecule is CC(C)Oc1ccc(-n2c(NCc3ccc(Cl)cc3)nc(=S)n(C(C)C)c2=O)cc1. The third kappa shape index (κ3) is 5.09. The van der Waals surface area contributed by atoms with Crippen molar-refractivity contribution in [1.82, 2.24) is 14.1 Å². The molecule has 0 atom stereocenters. The molecule has 158 valence electrons. The van der Waals surface area contributed by atoms with E-state index in [0.717, 1.165) is 11.3 Å². The van der Waals surface area contributed by atoms with E-state index in [1.54, 1.807) is 0 Å². The van der Waals surface area contributed by atoms with Crippen molar-refractivity contribution in [2.45, 2.75) is 46.4 Å². The first kappa shape index (κ1) is 22.1. The molecule has 0 fully saturated rings. The van der Waals surface area contributed by atoms with Crippen molar-refractivity contribution in [1.29, 1.82) is 0 Å². The van der Waals surface area contributed by atoms with Gasteiger partial charge in [-0.1, -0.05) is 23.7 Å². The Balaban J connectivity index is 2.04. The van der Waals surface area contributed by atoms with Gasteiger partial charge in [-0.05, 0) is 81.9 Å². The Labute approximate surface area is 186 Å². The molecule has 1 heterocycles. The number of nitrogens with zero attached hydrogens (tertiary/aromatic N) is 3. The Morgan fingerprint density at radius 1 is 1.07 bits per heavy atom. The number of halogens is 1. The molecule has 3 rings (SSSR count). The van der Waals surface area contributed by atoms with Gasteiger partial charge in [-0.25, -0.2) is 9.36 Å². The molecule has 0 aliphatic rings. The highest BCUT2D eigenvalue weighted by Gasteiger charge is 2.15. The van der Waals surface area contributed by atoms with Gasteiger partial charge in [0.05, 0.1) is 11.8 Å². The Morgan fingerprint density at radius 3 is 2.27 bits per heavy atom. The van der Waals surface area contributed by atoms with E-state index in [4.69, 9.17) is 28.6 Å². The summed E-state index contributed by atoms with van der Waals surface area (Å²) in [5, 5.41) is 3.91. The second-order valence-electron chi connectivity index (χ2n) is 7.44. The van der Waals surface area contributed by atoms with Crippen molar-refractivity contribution in [3.05, 3.63) is 74.4 Å². The molecule has 2 aromatic carbocycles. The molecular formula is C22H25ClN4O2S. The molecule has 1 N–H and O–H groups in total. The van der Waals surface area contributed by atoms with Gasteiger partial charge in [-0.3, -0.25) is 4.57 Å². The summed E-state index contributed by atoms with van der Waals surface area (Å²) in [5.74, 6) is 1.12. The van der Waals surface area contributed by atoms with Crippen LogP contribution in [0.1, 0.15) is 39.3 Å². The molecule has 30 heavy (non-hydrogen) atoms.